The van der Waals surface area contributed by atoms with Crippen molar-refractivity contribution in [1.82, 2.24) is 24.6 Å². The molecule has 5 rings (SSSR count). The first kappa shape index (κ1) is 19.9. The molecule has 0 spiro atoms. The fourth-order valence-electron chi connectivity index (χ4n) is 3.62. The van der Waals surface area contributed by atoms with Crippen LogP contribution >= 0.6 is 11.6 Å². The Morgan fingerprint density at radius 3 is 2.55 bits per heavy atom. The van der Waals surface area contributed by atoms with Gasteiger partial charge in [0.2, 0.25) is 11.8 Å². The molecule has 1 saturated heterocycles. The summed E-state index contributed by atoms with van der Waals surface area (Å²) in [7, 11) is 0. The zero-order valence-corrected chi connectivity index (χ0v) is 17.5. The third-order valence-corrected chi connectivity index (χ3v) is 5.51. The molecule has 1 aliphatic heterocycles. The van der Waals surface area contributed by atoms with E-state index in [0.717, 1.165) is 18.7 Å². The molecular weight excluding hydrogens is 418 g/mol. The van der Waals surface area contributed by atoms with Gasteiger partial charge in [-0.2, -0.15) is 0 Å². The maximum Gasteiger partial charge on any atom is 0.261 e. The second-order valence-electron chi connectivity index (χ2n) is 7.33. The van der Waals surface area contributed by atoms with Gasteiger partial charge in [0.15, 0.2) is 0 Å². The Labute approximate surface area is 183 Å². The minimum atomic E-state index is -0.125. The zero-order chi connectivity index (χ0) is 21.2. The molecule has 1 aliphatic rings. The van der Waals surface area contributed by atoms with Gasteiger partial charge in [-0.1, -0.05) is 23.7 Å². The van der Waals surface area contributed by atoms with Crippen molar-refractivity contribution in [3.63, 3.8) is 0 Å². The normalized spacial score (nSPS) is 14.9. The molecule has 3 heterocycles. The van der Waals surface area contributed by atoms with Crippen molar-refractivity contribution in [2.24, 2.45) is 0 Å². The van der Waals surface area contributed by atoms with Crippen molar-refractivity contribution in [3.8, 4) is 11.5 Å². The van der Waals surface area contributed by atoms with E-state index in [2.05, 4.69) is 15.1 Å². The molecule has 4 aromatic rings. The summed E-state index contributed by atoms with van der Waals surface area (Å²) >= 11 is 5.95. The average Bonchev–Trinajstić information content (AvgIpc) is 3.26. The van der Waals surface area contributed by atoms with Crippen molar-refractivity contribution in [3.05, 3.63) is 75.6 Å². The molecule has 0 aliphatic carbocycles. The van der Waals surface area contributed by atoms with Crippen LogP contribution < -0.4 is 5.56 Å². The third-order valence-electron chi connectivity index (χ3n) is 5.26. The van der Waals surface area contributed by atoms with Crippen LogP contribution in [0.3, 0.4) is 0 Å². The van der Waals surface area contributed by atoms with Gasteiger partial charge in [0.1, 0.15) is 12.4 Å². The molecule has 158 valence electrons. The standard InChI is InChI=1S/C22H20ClN5O3/c23-16-7-5-15(6-8-16)21-26-25-20(31-21)14-28-19(13-27-9-11-30-12-10-27)24-18-4-2-1-3-17(18)22(28)29/h1-8H,9-14H2. The predicted octanol–water partition coefficient (Wildman–Crippen LogP) is 2.98. The number of nitrogens with zero attached hydrogens (tertiary/aromatic N) is 5. The molecule has 9 heteroatoms. The number of para-hydroxylation sites is 1. The van der Waals surface area contributed by atoms with Crippen LogP contribution in [0, 0.1) is 0 Å². The van der Waals surface area contributed by atoms with Gasteiger partial charge in [0, 0.05) is 23.7 Å². The lowest BCUT2D eigenvalue weighted by Gasteiger charge is -2.27. The smallest absolute Gasteiger partial charge is 0.261 e. The molecule has 31 heavy (non-hydrogen) atoms. The maximum atomic E-state index is 13.3. The second kappa shape index (κ2) is 8.58. The van der Waals surface area contributed by atoms with E-state index in [4.69, 9.17) is 25.7 Å². The molecular formula is C22H20ClN5O3. The van der Waals surface area contributed by atoms with Gasteiger partial charge in [0.25, 0.3) is 5.56 Å². The van der Waals surface area contributed by atoms with Crippen LogP contribution in [-0.2, 0) is 17.8 Å². The number of fused-ring (bicyclic) bond motifs is 1. The summed E-state index contributed by atoms with van der Waals surface area (Å²) < 4.78 is 12.9. The van der Waals surface area contributed by atoms with Crippen molar-refractivity contribution in [1.29, 1.82) is 0 Å². The first-order chi connectivity index (χ1) is 15.2. The molecule has 0 saturated carbocycles. The van der Waals surface area contributed by atoms with Crippen molar-refractivity contribution >= 4 is 22.5 Å². The first-order valence-electron chi connectivity index (χ1n) is 10.0. The summed E-state index contributed by atoms with van der Waals surface area (Å²) in [5.74, 6) is 1.38. The molecule has 2 aromatic heterocycles. The van der Waals surface area contributed by atoms with Crippen LogP contribution in [0.1, 0.15) is 11.7 Å². The van der Waals surface area contributed by atoms with E-state index in [0.29, 0.717) is 53.3 Å². The van der Waals surface area contributed by atoms with Gasteiger partial charge in [-0.15, -0.1) is 10.2 Å². The maximum absolute atomic E-state index is 13.3. The van der Waals surface area contributed by atoms with Crippen LogP contribution in [0.4, 0.5) is 0 Å². The molecule has 0 bridgehead atoms. The van der Waals surface area contributed by atoms with Crippen LogP contribution in [-0.4, -0.2) is 51.0 Å². The van der Waals surface area contributed by atoms with Gasteiger partial charge >= 0.3 is 0 Å². The van der Waals surface area contributed by atoms with Gasteiger partial charge in [-0.05, 0) is 36.4 Å². The molecule has 0 N–H and O–H groups in total. The molecule has 0 radical (unpaired) electrons. The quantitative estimate of drug-likeness (QED) is 0.474. The minimum absolute atomic E-state index is 0.125. The fourth-order valence-corrected chi connectivity index (χ4v) is 3.74. The minimum Gasteiger partial charge on any atom is -0.419 e. The summed E-state index contributed by atoms with van der Waals surface area (Å²) in [6.07, 6.45) is 0. The monoisotopic (exact) mass is 437 g/mol. The Balaban J connectivity index is 1.50. The highest BCUT2D eigenvalue weighted by molar-refractivity contribution is 6.30. The molecule has 8 nitrogen and oxygen atoms in total. The Morgan fingerprint density at radius 2 is 1.74 bits per heavy atom. The lowest BCUT2D eigenvalue weighted by atomic mass is 10.2. The van der Waals surface area contributed by atoms with Crippen LogP contribution in [0.15, 0.2) is 57.7 Å². The average molecular weight is 438 g/mol. The predicted molar refractivity (Wildman–Crippen MR) is 116 cm³/mol. The number of benzene rings is 2. The van der Waals surface area contributed by atoms with E-state index in [1.54, 1.807) is 22.8 Å². The van der Waals surface area contributed by atoms with E-state index in [1.807, 2.05) is 30.3 Å². The highest BCUT2D eigenvalue weighted by Crippen LogP contribution is 2.21. The van der Waals surface area contributed by atoms with E-state index in [-0.39, 0.29) is 12.1 Å². The first-order valence-corrected chi connectivity index (χ1v) is 10.4. The topological polar surface area (TPSA) is 86.3 Å². The largest absolute Gasteiger partial charge is 0.419 e. The lowest BCUT2D eigenvalue weighted by molar-refractivity contribution is 0.0324. The lowest BCUT2D eigenvalue weighted by Crippen LogP contribution is -2.38. The van der Waals surface area contributed by atoms with E-state index >= 15 is 0 Å². The highest BCUT2D eigenvalue weighted by Gasteiger charge is 2.19. The number of hydrogen-bond donors (Lipinski definition) is 0. The SMILES string of the molecule is O=c1c2ccccc2nc(CN2CCOCC2)n1Cc1nnc(-c2ccc(Cl)cc2)o1. The highest BCUT2D eigenvalue weighted by atomic mass is 35.5. The Morgan fingerprint density at radius 1 is 0.968 bits per heavy atom. The van der Waals surface area contributed by atoms with E-state index in [9.17, 15) is 4.79 Å². The van der Waals surface area contributed by atoms with Gasteiger partial charge in [-0.3, -0.25) is 14.3 Å². The number of halogens is 1. The number of ether oxygens (including phenoxy) is 1. The number of aromatic nitrogens is 4. The molecule has 0 amide bonds. The Hall–Kier alpha value is -3.07. The van der Waals surface area contributed by atoms with Crippen molar-refractivity contribution in [2.75, 3.05) is 26.3 Å². The molecule has 0 atom stereocenters. The van der Waals surface area contributed by atoms with E-state index in [1.165, 1.54) is 0 Å². The number of rotatable bonds is 5. The van der Waals surface area contributed by atoms with Crippen molar-refractivity contribution in [2.45, 2.75) is 13.1 Å². The summed E-state index contributed by atoms with van der Waals surface area (Å²) in [6.45, 7) is 3.63. The van der Waals surface area contributed by atoms with Gasteiger partial charge < -0.3 is 9.15 Å². The number of morpholine rings is 1. The van der Waals surface area contributed by atoms with Crippen LogP contribution in [0.5, 0.6) is 0 Å². The summed E-state index contributed by atoms with van der Waals surface area (Å²) in [4.78, 5) is 20.3. The Kier molecular flexibility index (Phi) is 5.50. The zero-order valence-electron chi connectivity index (χ0n) is 16.7. The summed E-state index contributed by atoms with van der Waals surface area (Å²) in [6, 6.07) is 14.5. The Bertz CT molecular complexity index is 1260. The summed E-state index contributed by atoms with van der Waals surface area (Å²) in [5.41, 5.74) is 1.32. The third kappa shape index (κ3) is 4.23. The molecule has 1 fully saturated rings. The van der Waals surface area contributed by atoms with Gasteiger partial charge in [-0.25, -0.2) is 4.98 Å². The van der Waals surface area contributed by atoms with Crippen molar-refractivity contribution < 1.29 is 9.15 Å². The van der Waals surface area contributed by atoms with Crippen LogP contribution in [0.25, 0.3) is 22.4 Å². The van der Waals surface area contributed by atoms with Gasteiger partial charge in [0.05, 0.1) is 30.7 Å². The molecule has 0 unspecified atom stereocenters. The van der Waals surface area contributed by atoms with Crippen LogP contribution in [0.2, 0.25) is 5.02 Å². The second-order valence-corrected chi connectivity index (χ2v) is 7.77. The molecule has 2 aromatic carbocycles. The summed E-state index contributed by atoms with van der Waals surface area (Å²) in [5, 5.41) is 9.47. The number of hydrogen-bond acceptors (Lipinski definition) is 7. The van der Waals surface area contributed by atoms with E-state index < -0.39 is 0 Å². The fraction of sp³-hybridized carbons (Fsp3) is 0.273.